The van der Waals surface area contributed by atoms with Gasteiger partial charge in [-0.3, -0.25) is 0 Å². The number of nitrogens with zero attached hydrogens (tertiary/aromatic N) is 2. The zero-order valence-corrected chi connectivity index (χ0v) is 11.7. The Hall–Kier alpha value is -3.26. The number of nitrogen functional groups attached to an aromatic ring is 1. The van der Waals surface area contributed by atoms with Crippen LogP contribution in [0, 0.1) is 11.3 Å². The van der Waals surface area contributed by atoms with Gasteiger partial charge in [0.15, 0.2) is 5.54 Å². The molecule has 2 aromatic rings. The van der Waals surface area contributed by atoms with E-state index >= 15 is 0 Å². The van der Waals surface area contributed by atoms with E-state index in [0.717, 1.165) is 0 Å². The fourth-order valence-electron chi connectivity index (χ4n) is 2.20. The molecule has 0 bridgehead atoms. The van der Waals surface area contributed by atoms with E-state index in [-0.39, 0.29) is 0 Å². The molecule has 3 N–H and O–H groups in total. The molecule has 1 aromatic heterocycles. The monoisotopic (exact) mass is 290 g/mol. The Kier molecular flexibility index (Phi) is 3.50. The Balaban J connectivity index is 2.00. The number of hydrogen-bond acceptors (Lipinski definition) is 5. The first-order valence-corrected chi connectivity index (χ1v) is 6.76. The van der Waals surface area contributed by atoms with Crippen molar-refractivity contribution in [1.82, 2.24) is 10.3 Å². The summed E-state index contributed by atoms with van der Waals surface area (Å²) in [7, 11) is 0. The molecule has 2 heterocycles. The number of aromatic nitrogens is 1. The minimum absolute atomic E-state index is 0.376. The fourth-order valence-corrected chi connectivity index (χ4v) is 2.20. The van der Waals surface area contributed by atoms with Gasteiger partial charge in [-0.05, 0) is 54.8 Å². The Morgan fingerprint density at radius 3 is 2.68 bits per heavy atom. The van der Waals surface area contributed by atoms with Crippen LogP contribution in [-0.2, 0) is 5.54 Å². The van der Waals surface area contributed by atoms with Gasteiger partial charge in [0.05, 0.1) is 5.56 Å². The van der Waals surface area contributed by atoms with E-state index < -0.39 is 5.54 Å². The number of pyridine rings is 1. The highest BCUT2D eigenvalue weighted by atomic mass is 16.5. The van der Waals surface area contributed by atoms with Crippen molar-refractivity contribution in [2.24, 2.45) is 0 Å². The number of benzene rings is 1. The van der Waals surface area contributed by atoms with Gasteiger partial charge < -0.3 is 15.8 Å². The average molecular weight is 290 g/mol. The number of allylic oxidation sites excluding steroid dienone is 2. The average Bonchev–Trinajstić information content (AvgIpc) is 2.58. The van der Waals surface area contributed by atoms with Crippen molar-refractivity contribution in [2.45, 2.75) is 5.54 Å². The molecule has 0 spiro atoms. The van der Waals surface area contributed by atoms with Gasteiger partial charge in [0.25, 0.3) is 0 Å². The van der Waals surface area contributed by atoms with Crippen LogP contribution < -0.4 is 15.8 Å². The first-order valence-electron chi connectivity index (χ1n) is 6.76. The quantitative estimate of drug-likeness (QED) is 0.849. The highest BCUT2D eigenvalue weighted by molar-refractivity contribution is 5.48. The maximum Gasteiger partial charge on any atom is 0.226 e. The zero-order chi connectivity index (χ0) is 15.4. The summed E-state index contributed by atoms with van der Waals surface area (Å²) in [5, 5.41) is 12.7. The smallest absolute Gasteiger partial charge is 0.226 e. The summed E-state index contributed by atoms with van der Waals surface area (Å²) in [6.07, 6.45) is 8.78. The lowest BCUT2D eigenvalue weighted by atomic mass is 9.90. The second kappa shape index (κ2) is 5.62. The van der Waals surface area contributed by atoms with E-state index in [9.17, 15) is 5.26 Å². The number of hydrogen-bond donors (Lipinski definition) is 2. The Morgan fingerprint density at radius 2 is 2.00 bits per heavy atom. The van der Waals surface area contributed by atoms with Crippen LogP contribution in [0.1, 0.15) is 5.56 Å². The molecule has 5 nitrogen and oxygen atoms in total. The van der Waals surface area contributed by atoms with Gasteiger partial charge in [-0.1, -0.05) is 6.08 Å². The largest absolute Gasteiger partial charge is 0.439 e. The standard InChI is InChI=1S/C17H14N4O/c18-12-17(9-1-2-11-21-17)15-4-3-10-20-16(15)22-14-7-5-13(19)6-8-14/h1-11,21H,19H2. The molecule has 1 aliphatic heterocycles. The number of nitrogens with one attached hydrogen (secondary N) is 1. The number of dihydropyridines is 1. The summed E-state index contributed by atoms with van der Waals surface area (Å²) >= 11 is 0. The number of nitriles is 1. The van der Waals surface area contributed by atoms with Gasteiger partial charge in [-0.2, -0.15) is 5.26 Å². The summed E-state index contributed by atoms with van der Waals surface area (Å²) < 4.78 is 5.83. The molecule has 0 amide bonds. The summed E-state index contributed by atoms with van der Waals surface area (Å²) in [5.74, 6) is 0.985. The van der Waals surface area contributed by atoms with Crippen molar-refractivity contribution < 1.29 is 4.74 Å². The minimum Gasteiger partial charge on any atom is -0.439 e. The van der Waals surface area contributed by atoms with Crippen LogP contribution >= 0.6 is 0 Å². The molecule has 108 valence electrons. The van der Waals surface area contributed by atoms with Crippen LogP contribution in [0.15, 0.2) is 67.0 Å². The van der Waals surface area contributed by atoms with Crippen LogP contribution in [0.4, 0.5) is 5.69 Å². The van der Waals surface area contributed by atoms with E-state index in [0.29, 0.717) is 22.9 Å². The van der Waals surface area contributed by atoms with Gasteiger partial charge >= 0.3 is 0 Å². The molecular weight excluding hydrogens is 276 g/mol. The van der Waals surface area contributed by atoms with E-state index in [2.05, 4.69) is 16.4 Å². The van der Waals surface area contributed by atoms with Crippen molar-refractivity contribution >= 4 is 5.69 Å². The van der Waals surface area contributed by atoms with E-state index in [1.165, 1.54) is 0 Å². The molecule has 1 unspecified atom stereocenters. The lowest BCUT2D eigenvalue weighted by molar-refractivity contribution is 0.441. The van der Waals surface area contributed by atoms with Crippen molar-refractivity contribution in [3.05, 3.63) is 72.6 Å². The molecule has 0 aliphatic carbocycles. The van der Waals surface area contributed by atoms with Crippen LogP contribution in [-0.4, -0.2) is 4.98 Å². The van der Waals surface area contributed by atoms with Gasteiger partial charge in [-0.15, -0.1) is 0 Å². The molecule has 3 rings (SSSR count). The molecule has 0 saturated carbocycles. The van der Waals surface area contributed by atoms with Crippen LogP contribution in [0.2, 0.25) is 0 Å². The third-order valence-corrected chi connectivity index (χ3v) is 3.33. The Bertz CT molecular complexity index is 774. The third-order valence-electron chi connectivity index (χ3n) is 3.33. The Morgan fingerprint density at radius 1 is 1.18 bits per heavy atom. The SMILES string of the molecule is N#CC1(c2cccnc2Oc2ccc(N)cc2)C=CC=CN1. The fraction of sp³-hybridized carbons (Fsp3) is 0.0588. The highest BCUT2D eigenvalue weighted by Gasteiger charge is 2.33. The predicted molar refractivity (Wildman–Crippen MR) is 83.9 cm³/mol. The van der Waals surface area contributed by atoms with Crippen LogP contribution in [0.3, 0.4) is 0 Å². The number of rotatable bonds is 3. The molecule has 5 heteroatoms. The summed E-state index contributed by atoms with van der Waals surface area (Å²) in [4.78, 5) is 4.26. The van der Waals surface area contributed by atoms with Gasteiger partial charge in [0, 0.05) is 11.9 Å². The maximum atomic E-state index is 9.62. The number of anilines is 1. The predicted octanol–water partition coefficient (Wildman–Crippen LogP) is 2.85. The van der Waals surface area contributed by atoms with Gasteiger partial charge in [0.2, 0.25) is 5.88 Å². The molecule has 1 aromatic carbocycles. The minimum atomic E-state index is -0.994. The van der Waals surface area contributed by atoms with Gasteiger partial charge in [0.1, 0.15) is 11.8 Å². The topological polar surface area (TPSA) is 84.0 Å². The molecule has 0 saturated heterocycles. The van der Waals surface area contributed by atoms with E-state index in [1.54, 1.807) is 48.8 Å². The lowest BCUT2D eigenvalue weighted by Gasteiger charge is -2.27. The summed E-state index contributed by atoms with van der Waals surface area (Å²) in [6.45, 7) is 0. The summed E-state index contributed by atoms with van der Waals surface area (Å²) in [6, 6.07) is 12.9. The molecular formula is C17H14N4O. The molecule has 1 atom stereocenters. The third kappa shape index (κ3) is 2.50. The van der Waals surface area contributed by atoms with Crippen LogP contribution in [0.25, 0.3) is 0 Å². The molecule has 1 aliphatic rings. The Labute approximate surface area is 128 Å². The number of nitrogens with two attached hydrogens (primary N) is 1. The van der Waals surface area contributed by atoms with E-state index in [4.69, 9.17) is 10.5 Å². The number of ether oxygens (including phenoxy) is 1. The maximum absolute atomic E-state index is 9.62. The van der Waals surface area contributed by atoms with Crippen LogP contribution in [0.5, 0.6) is 11.6 Å². The second-order valence-electron chi connectivity index (χ2n) is 4.81. The second-order valence-corrected chi connectivity index (χ2v) is 4.81. The normalized spacial score (nSPS) is 19.2. The molecule has 22 heavy (non-hydrogen) atoms. The van der Waals surface area contributed by atoms with E-state index in [1.807, 2.05) is 18.2 Å². The van der Waals surface area contributed by atoms with Crippen molar-refractivity contribution in [2.75, 3.05) is 5.73 Å². The first-order chi connectivity index (χ1) is 10.7. The van der Waals surface area contributed by atoms with Crippen molar-refractivity contribution in [1.29, 1.82) is 5.26 Å². The summed E-state index contributed by atoms with van der Waals surface area (Å²) in [5.41, 5.74) is 5.98. The van der Waals surface area contributed by atoms with Crippen molar-refractivity contribution in [3.63, 3.8) is 0 Å². The first kappa shape index (κ1) is 13.7. The molecule has 0 fully saturated rings. The highest BCUT2D eigenvalue weighted by Crippen LogP contribution is 2.33. The lowest BCUT2D eigenvalue weighted by Crippen LogP contribution is -2.37. The zero-order valence-electron chi connectivity index (χ0n) is 11.7. The molecule has 0 radical (unpaired) electrons. The van der Waals surface area contributed by atoms with Crippen molar-refractivity contribution in [3.8, 4) is 17.7 Å². The van der Waals surface area contributed by atoms with Gasteiger partial charge in [-0.25, -0.2) is 4.98 Å².